The van der Waals surface area contributed by atoms with Crippen molar-refractivity contribution in [1.82, 2.24) is 10.2 Å². The van der Waals surface area contributed by atoms with Crippen molar-refractivity contribution in [2.75, 3.05) is 20.3 Å². The molecule has 122 valence electrons. The van der Waals surface area contributed by atoms with Gasteiger partial charge in [0.2, 0.25) is 0 Å². The predicted molar refractivity (Wildman–Crippen MR) is 87.2 cm³/mol. The molecule has 1 aliphatic rings. The van der Waals surface area contributed by atoms with E-state index >= 15 is 0 Å². The molecule has 3 atom stereocenters. The van der Waals surface area contributed by atoms with Crippen molar-refractivity contribution in [2.24, 2.45) is 0 Å². The summed E-state index contributed by atoms with van der Waals surface area (Å²) in [6.45, 7) is 10.5. The predicted octanol–water partition coefficient (Wildman–Crippen LogP) is 2.94. The molecule has 0 radical (unpaired) electrons. The van der Waals surface area contributed by atoms with Crippen molar-refractivity contribution in [1.29, 1.82) is 5.26 Å². The molecule has 0 aromatic carbocycles. The largest absolute Gasteiger partial charge is 0.383 e. The van der Waals surface area contributed by atoms with Gasteiger partial charge >= 0.3 is 0 Å². The molecule has 21 heavy (non-hydrogen) atoms. The molecular weight excluding hydrogens is 262 g/mol. The minimum absolute atomic E-state index is 0.347. The maximum atomic E-state index is 9.71. The number of nitrogens with zero attached hydrogens (tertiary/aromatic N) is 2. The second kappa shape index (κ2) is 8.73. The molecule has 0 bridgehead atoms. The van der Waals surface area contributed by atoms with Crippen LogP contribution in [0.25, 0.3) is 0 Å². The topological polar surface area (TPSA) is 48.3 Å². The Morgan fingerprint density at radius 2 is 2.14 bits per heavy atom. The summed E-state index contributed by atoms with van der Waals surface area (Å²) < 4.78 is 5.28. The lowest BCUT2D eigenvalue weighted by Crippen LogP contribution is -2.56. The Morgan fingerprint density at radius 1 is 1.43 bits per heavy atom. The van der Waals surface area contributed by atoms with Gasteiger partial charge in [0.05, 0.1) is 12.7 Å². The highest BCUT2D eigenvalue weighted by atomic mass is 16.5. The van der Waals surface area contributed by atoms with E-state index in [1.807, 2.05) is 0 Å². The highest BCUT2D eigenvalue weighted by Gasteiger charge is 2.39. The third-order valence-electron chi connectivity index (χ3n) is 4.68. The summed E-state index contributed by atoms with van der Waals surface area (Å²) in [5.74, 6) is 0. The summed E-state index contributed by atoms with van der Waals surface area (Å²) in [5, 5.41) is 13.2. The highest BCUT2D eigenvalue weighted by Crippen LogP contribution is 2.32. The van der Waals surface area contributed by atoms with E-state index in [1.54, 1.807) is 7.11 Å². The van der Waals surface area contributed by atoms with Gasteiger partial charge in [-0.3, -0.25) is 10.2 Å². The summed E-state index contributed by atoms with van der Waals surface area (Å²) in [6, 6.07) is 3.95. The average Bonchev–Trinajstić information content (AvgIpc) is 2.47. The Bertz CT molecular complexity index is 339. The number of nitrogens with one attached hydrogen (secondary N) is 1. The number of rotatable bonds is 8. The van der Waals surface area contributed by atoms with Crippen molar-refractivity contribution in [2.45, 2.75) is 83.5 Å². The van der Waals surface area contributed by atoms with Gasteiger partial charge in [-0.05, 0) is 52.9 Å². The van der Waals surface area contributed by atoms with Gasteiger partial charge in [-0.1, -0.05) is 6.92 Å². The number of methoxy groups -OCH3 is 1. The van der Waals surface area contributed by atoms with Gasteiger partial charge in [-0.2, -0.15) is 5.26 Å². The van der Waals surface area contributed by atoms with E-state index in [1.165, 1.54) is 6.42 Å². The zero-order chi connectivity index (χ0) is 15.9. The van der Waals surface area contributed by atoms with Crippen molar-refractivity contribution < 1.29 is 4.74 Å². The van der Waals surface area contributed by atoms with Gasteiger partial charge in [-0.15, -0.1) is 0 Å². The Kier molecular flexibility index (Phi) is 7.65. The van der Waals surface area contributed by atoms with Gasteiger partial charge < -0.3 is 4.74 Å². The fraction of sp³-hybridized carbons (Fsp3) is 0.941. The van der Waals surface area contributed by atoms with Crippen LogP contribution in [0.1, 0.15) is 59.8 Å². The third kappa shape index (κ3) is 5.25. The molecule has 0 aromatic rings. The molecule has 3 unspecified atom stereocenters. The van der Waals surface area contributed by atoms with Crippen LogP contribution in [0.4, 0.5) is 0 Å². The maximum Gasteiger partial charge on any atom is 0.108 e. The van der Waals surface area contributed by atoms with Crippen molar-refractivity contribution >= 4 is 0 Å². The SMILES string of the molecule is CCC(C)N(CCOC)C1CCCC(C#N)(NC(C)C)C1. The van der Waals surface area contributed by atoms with E-state index in [2.05, 4.69) is 44.0 Å². The van der Waals surface area contributed by atoms with Crippen LogP contribution in [0.3, 0.4) is 0 Å². The summed E-state index contributed by atoms with van der Waals surface area (Å²) in [6.07, 6.45) is 5.35. The van der Waals surface area contributed by atoms with Gasteiger partial charge in [0, 0.05) is 31.8 Å². The Labute approximate surface area is 130 Å². The number of hydrogen-bond acceptors (Lipinski definition) is 4. The van der Waals surface area contributed by atoms with E-state index < -0.39 is 0 Å². The molecule has 0 amide bonds. The highest BCUT2D eigenvalue weighted by molar-refractivity contribution is 5.12. The summed E-state index contributed by atoms with van der Waals surface area (Å²) >= 11 is 0. The van der Waals surface area contributed by atoms with Crippen LogP contribution in [-0.4, -0.2) is 48.8 Å². The van der Waals surface area contributed by atoms with Crippen molar-refractivity contribution in [3.63, 3.8) is 0 Å². The first-order valence-corrected chi connectivity index (χ1v) is 8.41. The van der Waals surface area contributed by atoms with Gasteiger partial charge in [-0.25, -0.2) is 0 Å². The molecule has 4 heteroatoms. The Balaban J connectivity index is 2.81. The quantitative estimate of drug-likeness (QED) is 0.748. The van der Waals surface area contributed by atoms with E-state index in [0.717, 1.165) is 38.8 Å². The monoisotopic (exact) mass is 295 g/mol. The minimum Gasteiger partial charge on any atom is -0.383 e. The van der Waals surface area contributed by atoms with Crippen LogP contribution < -0.4 is 5.32 Å². The standard InChI is InChI=1S/C17H33N3O/c1-6-15(4)20(10-11-21-5)16-8-7-9-17(12-16,13-18)19-14(2)3/h14-16,19H,6-12H2,1-5H3. The van der Waals surface area contributed by atoms with Crippen LogP contribution >= 0.6 is 0 Å². The summed E-state index contributed by atoms with van der Waals surface area (Å²) in [5.41, 5.74) is -0.351. The lowest BCUT2D eigenvalue weighted by atomic mass is 9.78. The molecule has 1 aliphatic carbocycles. The second-order valence-corrected chi connectivity index (χ2v) is 6.73. The van der Waals surface area contributed by atoms with E-state index in [0.29, 0.717) is 18.1 Å². The molecular formula is C17H33N3O. The van der Waals surface area contributed by atoms with Crippen LogP contribution in [0.5, 0.6) is 0 Å². The first-order chi connectivity index (χ1) is 9.98. The lowest BCUT2D eigenvalue weighted by molar-refractivity contribution is 0.0539. The Morgan fingerprint density at radius 3 is 2.67 bits per heavy atom. The van der Waals surface area contributed by atoms with E-state index in [9.17, 15) is 5.26 Å². The van der Waals surface area contributed by atoms with Gasteiger partial charge in [0.1, 0.15) is 5.54 Å². The molecule has 1 N–H and O–H groups in total. The van der Waals surface area contributed by atoms with Crippen molar-refractivity contribution in [3.05, 3.63) is 0 Å². The molecule has 4 nitrogen and oxygen atoms in total. The summed E-state index contributed by atoms with van der Waals surface area (Å²) in [4.78, 5) is 2.55. The summed E-state index contributed by atoms with van der Waals surface area (Å²) in [7, 11) is 1.76. The molecule has 0 saturated heterocycles. The average molecular weight is 295 g/mol. The van der Waals surface area contributed by atoms with E-state index in [-0.39, 0.29) is 5.54 Å². The van der Waals surface area contributed by atoms with Crippen LogP contribution in [0.2, 0.25) is 0 Å². The number of nitriles is 1. The second-order valence-electron chi connectivity index (χ2n) is 6.73. The zero-order valence-electron chi connectivity index (χ0n) is 14.5. The molecule has 0 aromatic heterocycles. The zero-order valence-corrected chi connectivity index (χ0v) is 14.5. The fourth-order valence-electron chi connectivity index (χ4n) is 3.54. The normalized spacial score (nSPS) is 27.8. The first kappa shape index (κ1) is 18.4. The van der Waals surface area contributed by atoms with Crippen molar-refractivity contribution in [3.8, 4) is 6.07 Å². The first-order valence-electron chi connectivity index (χ1n) is 8.41. The smallest absolute Gasteiger partial charge is 0.108 e. The molecule has 1 saturated carbocycles. The molecule has 1 fully saturated rings. The lowest BCUT2D eigenvalue weighted by Gasteiger charge is -2.44. The molecule has 0 spiro atoms. The number of ether oxygens (including phenoxy) is 1. The third-order valence-corrected chi connectivity index (χ3v) is 4.68. The van der Waals surface area contributed by atoms with E-state index in [4.69, 9.17) is 4.74 Å². The van der Waals surface area contributed by atoms with Gasteiger partial charge in [0.15, 0.2) is 0 Å². The van der Waals surface area contributed by atoms with Crippen LogP contribution in [-0.2, 0) is 4.74 Å². The Hall–Kier alpha value is -0.630. The molecule has 0 heterocycles. The van der Waals surface area contributed by atoms with Crippen LogP contribution in [0.15, 0.2) is 0 Å². The van der Waals surface area contributed by atoms with Crippen LogP contribution in [0, 0.1) is 11.3 Å². The minimum atomic E-state index is -0.351. The molecule has 0 aliphatic heterocycles. The fourth-order valence-corrected chi connectivity index (χ4v) is 3.54. The maximum absolute atomic E-state index is 9.71. The molecule has 1 rings (SSSR count). The van der Waals surface area contributed by atoms with Gasteiger partial charge in [0.25, 0.3) is 0 Å². The number of hydrogen-bond donors (Lipinski definition) is 1.